The Bertz CT molecular complexity index is 1180. The van der Waals surface area contributed by atoms with Gasteiger partial charge in [0.2, 0.25) is 0 Å². The van der Waals surface area contributed by atoms with Crippen LogP contribution >= 0.6 is 11.3 Å². The minimum Gasteiger partial charge on any atom is -0.451 e. The molecule has 0 bridgehead atoms. The summed E-state index contributed by atoms with van der Waals surface area (Å²) in [7, 11) is 1.44. The van der Waals surface area contributed by atoms with Gasteiger partial charge in [0.1, 0.15) is 10.7 Å². The zero-order chi connectivity index (χ0) is 24.7. The van der Waals surface area contributed by atoms with Gasteiger partial charge in [-0.2, -0.15) is 0 Å². The smallest absolute Gasteiger partial charge is 0.349 e. The van der Waals surface area contributed by atoms with Crippen molar-refractivity contribution in [1.29, 1.82) is 0 Å². The van der Waals surface area contributed by atoms with Gasteiger partial charge in [-0.15, -0.1) is 11.3 Å². The van der Waals surface area contributed by atoms with Crippen molar-refractivity contribution in [2.24, 2.45) is 0 Å². The summed E-state index contributed by atoms with van der Waals surface area (Å²) in [5.41, 5.74) is 6.23. The van der Waals surface area contributed by atoms with Crippen molar-refractivity contribution in [3.8, 4) is 0 Å². The number of methoxy groups -OCH3 is 1. The predicted octanol–water partition coefficient (Wildman–Crippen LogP) is 3.65. The van der Waals surface area contributed by atoms with E-state index in [4.69, 9.17) is 9.47 Å². The number of thiophene rings is 1. The van der Waals surface area contributed by atoms with Crippen LogP contribution < -0.4 is 15.8 Å². The maximum absolute atomic E-state index is 14.3. The molecule has 0 radical (unpaired) electrons. The highest BCUT2D eigenvalue weighted by molar-refractivity contribution is 7.21. The van der Waals surface area contributed by atoms with Crippen LogP contribution in [0.4, 0.5) is 10.1 Å². The Morgan fingerprint density at radius 1 is 1.03 bits per heavy atom. The fourth-order valence-corrected chi connectivity index (χ4v) is 4.57. The van der Waals surface area contributed by atoms with Crippen LogP contribution in [0.25, 0.3) is 10.1 Å². The Morgan fingerprint density at radius 3 is 2.38 bits per heavy atom. The van der Waals surface area contributed by atoms with Crippen LogP contribution in [-0.4, -0.2) is 44.6 Å². The minimum atomic E-state index is -0.777. The summed E-state index contributed by atoms with van der Waals surface area (Å²) in [5.74, 6) is -2.47. The highest BCUT2D eigenvalue weighted by Crippen LogP contribution is 2.34. The van der Waals surface area contributed by atoms with Gasteiger partial charge in [0, 0.05) is 47.1 Å². The first kappa shape index (κ1) is 25.1. The molecule has 34 heavy (non-hydrogen) atoms. The molecule has 3 rings (SSSR count). The van der Waals surface area contributed by atoms with Gasteiger partial charge < -0.3 is 14.4 Å². The van der Waals surface area contributed by atoms with Gasteiger partial charge in [-0.3, -0.25) is 20.4 Å². The van der Waals surface area contributed by atoms with Crippen LogP contribution in [0.3, 0.4) is 0 Å². The Labute approximate surface area is 200 Å². The van der Waals surface area contributed by atoms with E-state index < -0.39 is 30.2 Å². The van der Waals surface area contributed by atoms with Crippen LogP contribution in [0, 0.1) is 5.82 Å². The number of benzene rings is 2. The van der Waals surface area contributed by atoms with Gasteiger partial charge in [0.05, 0.1) is 6.61 Å². The number of halogens is 1. The Hall–Kier alpha value is -3.50. The summed E-state index contributed by atoms with van der Waals surface area (Å²) in [6.07, 6.45) is 0. The second-order valence-corrected chi connectivity index (χ2v) is 8.31. The molecule has 0 fully saturated rings. The van der Waals surface area contributed by atoms with Crippen LogP contribution in [0.1, 0.15) is 39.4 Å². The van der Waals surface area contributed by atoms with Crippen molar-refractivity contribution in [3.63, 3.8) is 0 Å². The Kier molecular flexibility index (Phi) is 8.55. The Balaban J connectivity index is 1.56. The van der Waals surface area contributed by atoms with Gasteiger partial charge in [0.15, 0.2) is 6.61 Å². The number of anilines is 1. The Morgan fingerprint density at radius 2 is 1.74 bits per heavy atom. The molecule has 0 saturated carbocycles. The van der Waals surface area contributed by atoms with E-state index in [0.717, 1.165) is 30.1 Å². The number of rotatable bonds is 9. The van der Waals surface area contributed by atoms with Crippen LogP contribution in [0.5, 0.6) is 0 Å². The number of carbonyl (C=O) groups is 3. The second-order valence-electron chi connectivity index (χ2n) is 7.25. The molecule has 1 aromatic heterocycles. The number of hydrazine groups is 1. The maximum Gasteiger partial charge on any atom is 0.349 e. The lowest BCUT2D eigenvalue weighted by Gasteiger charge is -2.21. The van der Waals surface area contributed by atoms with Gasteiger partial charge >= 0.3 is 5.97 Å². The number of hydrogen-bond donors (Lipinski definition) is 2. The highest BCUT2D eigenvalue weighted by atomic mass is 32.1. The largest absolute Gasteiger partial charge is 0.451 e. The molecule has 8 nitrogen and oxygen atoms in total. The fraction of sp³-hybridized carbons (Fsp3) is 0.292. The van der Waals surface area contributed by atoms with Crippen molar-refractivity contribution < 1.29 is 28.2 Å². The summed E-state index contributed by atoms with van der Waals surface area (Å²) in [6, 6.07) is 11.5. The van der Waals surface area contributed by atoms with Crippen LogP contribution in [-0.2, 0) is 20.9 Å². The zero-order valence-corrected chi connectivity index (χ0v) is 20.0. The van der Waals surface area contributed by atoms with Crippen LogP contribution in [0.2, 0.25) is 0 Å². The van der Waals surface area contributed by atoms with E-state index >= 15 is 0 Å². The lowest BCUT2D eigenvalue weighted by atomic mass is 10.1. The molecule has 0 spiro atoms. The highest BCUT2D eigenvalue weighted by Gasteiger charge is 2.22. The van der Waals surface area contributed by atoms with E-state index in [1.54, 1.807) is 24.3 Å². The average Bonchev–Trinajstić information content (AvgIpc) is 3.22. The van der Waals surface area contributed by atoms with Gasteiger partial charge in [-0.25, -0.2) is 9.18 Å². The molecule has 180 valence electrons. The average molecular weight is 488 g/mol. The van der Waals surface area contributed by atoms with Crippen molar-refractivity contribution >= 4 is 44.9 Å². The normalized spacial score (nSPS) is 10.7. The lowest BCUT2D eigenvalue weighted by molar-refractivity contribution is -0.125. The molecule has 0 unspecified atom stereocenters. The molecule has 2 aromatic carbocycles. The molecule has 0 aliphatic rings. The van der Waals surface area contributed by atoms with Gasteiger partial charge in [-0.1, -0.05) is 6.07 Å². The van der Waals surface area contributed by atoms with Gasteiger partial charge in [-0.05, 0) is 50.2 Å². The first-order valence-corrected chi connectivity index (χ1v) is 11.5. The molecule has 2 amide bonds. The topological polar surface area (TPSA) is 97.0 Å². The van der Waals surface area contributed by atoms with Gasteiger partial charge in [0.25, 0.3) is 11.8 Å². The number of amides is 2. The quantitative estimate of drug-likeness (QED) is 0.353. The van der Waals surface area contributed by atoms with Crippen molar-refractivity contribution in [2.45, 2.75) is 20.5 Å². The van der Waals surface area contributed by atoms with E-state index in [2.05, 4.69) is 15.8 Å². The molecule has 1 heterocycles. The summed E-state index contributed by atoms with van der Waals surface area (Å²) in [4.78, 5) is 39.2. The number of esters is 1. The number of hydrogen-bond acceptors (Lipinski definition) is 7. The maximum atomic E-state index is 14.3. The molecule has 0 atom stereocenters. The number of nitrogens with one attached hydrogen (secondary N) is 2. The number of nitrogens with zero attached hydrogens (tertiary/aromatic N) is 1. The van der Waals surface area contributed by atoms with E-state index in [0.29, 0.717) is 21.2 Å². The van der Waals surface area contributed by atoms with E-state index in [-0.39, 0.29) is 11.5 Å². The van der Waals surface area contributed by atoms with Crippen LogP contribution in [0.15, 0.2) is 42.5 Å². The number of ether oxygens (including phenoxy) is 2. The van der Waals surface area contributed by atoms with Crippen molar-refractivity contribution in [3.05, 3.63) is 64.3 Å². The summed E-state index contributed by atoms with van der Waals surface area (Å²) >= 11 is 1.06. The second kappa shape index (κ2) is 11.6. The third-order valence-electron chi connectivity index (χ3n) is 5.15. The SMILES string of the molecule is CCN(CC)c1ccc(C(=O)NNC(=O)COC(=O)c2sc3cccc(F)c3c2COC)cc1. The van der Waals surface area contributed by atoms with E-state index in [9.17, 15) is 18.8 Å². The molecule has 2 N–H and O–H groups in total. The first-order valence-electron chi connectivity index (χ1n) is 10.7. The fourth-order valence-electron chi connectivity index (χ4n) is 3.46. The third-order valence-corrected chi connectivity index (χ3v) is 6.32. The molecular weight excluding hydrogens is 461 g/mol. The molecule has 3 aromatic rings. The van der Waals surface area contributed by atoms with Crippen molar-refractivity contribution in [1.82, 2.24) is 10.9 Å². The standard InChI is InChI=1S/C24H26FN3O5S/c1-4-28(5-2)16-11-9-15(10-12-16)23(30)27-26-20(29)14-33-24(31)22-17(13-32-3)21-18(25)7-6-8-19(21)34-22/h6-12H,4-5,13-14H2,1-3H3,(H,26,29)(H,27,30). The predicted molar refractivity (Wildman–Crippen MR) is 128 cm³/mol. The third kappa shape index (κ3) is 5.70. The summed E-state index contributed by atoms with van der Waals surface area (Å²) in [5, 5.41) is 0.296. The van der Waals surface area contributed by atoms with E-state index in [1.165, 1.54) is 13.2 Å². The monoisotopic (exact) mass is 487 g/mol. The minimum absolute atomic E-state index is 0.0146. The molecule has 0 aliphatic heterocycles. The number of carbonyl (C=O) groups excluding carboxylic acids is 3. The molecule has 10 heteroatoms. The molecule has 0 aliphatic carbocycles. The number of fused-ring (bicyclic) bond motifs is 1. The van der Waals surface area contributed by atoms with Crippen molar-refractivity contribution in [2.75, 3.05) is 31.7 Å². The molecular formula is C24H26FN3O5S. The first-order chi connectivity index (χ1) is 16.4. The van der Waals surface area contributed by atoms with E-state index in [1.807, 2.05) is 26.0 Å². The summed E-state index contributed by atoms with van der Waals surface area (Å²) in [6.45, 7) is 5.18. The summed E-state index contributed by atoms with van der Waals surface area (Å²) < 4.78 is 25.0. The molecule has 0 saturated heterocycles. The lowest BCUT2D eigenvalue weighted by Crippen LogP contribution is -2.43. The zero-order valence-electron chi connectivity index (χ0n) is 19.1.